The third-order valence-corrected chi connectivity index (χ3v) is 4.45. The van der Waals surface area contributed by atoms with Gasteiger partial charge < -0.3 is 15.0 Å². The topological polar surface area (TPSA) is 59.4 Å². The van der Waals surface area contributed by atoms with Crippen molar-refractivity contribution in [3.05, 3.63) is 17.5 Å². The maximum absolute atomic E-state index is 12.3. The smallest absolute Gasteiger partial charge is 0.342 e. The van der Waals surface area contributed by atoms with Crippen LogP contribution in [0.1, 0.15) is 56.6 Å². The number of hydrogen-bond donors (Lipinski definition) is 1. The van der Waals surface area contributed by atoms with E-state index < -0.39 is 5.60 Å². The second-order valence-electron chi connectivity index (χ2n) is 7.56. The number of hydrogen-bond acceptors (Lipinski definition) is 5. The molecule has 0 saturated carbocycles. The van der Waals surface area contributed by atoms with Gasteiger partial charge in [0.15, 0.2) is 0 Å². The van der Waals surface area contributed by atoms with Gasteiger partial charge in [-0.25, -0.2) is 4.79 Å². The summed E-state index contributed by atoms with van der Waals surface area (Å²) in [5, 5.41) is 7.80. The van der Waals surface area contributed by atoms with Crippen molar-refractivity contribution in [1.82, 2.24) is 20.0 Å². The van der Waals surface area contributed by atoms with E-state index in [-0.39, 0.29) is 5.97 Å². The van der Waals surface area contributed by atoms with Gasteiger partial charge in [-0.3, -0.25) is 4.68 Å². The lowest BCUT2D eigenvalue weighted by molar-refractivity contribution is 0.00678. The highest BCUT2D eigenvalue weighted by Gasteiger charge is 2.25. The van der Waals surface area contributed by atoms with Gasteiger partial charge >= 0.3 is 5.97 Å². The van der Waals surface area contributed by atoms with Crippen LogP contribution in [-0.4, -0.2) is 51.9 Å². The summed E-state index contributed by atoms with van der Waals surface area (Å²) in [4.78, 5) is 14.7. The van der Waals surface area contributed by atoms with Gasteiger partial charge in [0, 0.05) is 25.7 Å². The van der Waals surface area contributed by atoms with Gasteiger partial charge in [0.25, 0.3) is 0 Å². The predicted molar refractivity (Wildman–Crippen MR) is 90.3 cm³/mol. The lowest BCUT2D eigenvalue weighted by Crippen LogP contribution is -2.45. The second-order valence-corrected chi connectivity index (χ2v) is 7.56. The van der Waals surface area contributed by atoms with Crippen molar-refractivity contribution in [2.75, 3.05) is 13.6 Å². The molecule has 6 nitrogen and oxygen atoms in total. The van der Waals surface area contributed by atoms with Crippen molar-refractivity contribution in [2.24, 2.45) is 7.05 Å². The molecule has 1 aromatic rings. The fourth-order valence-electron chi connectivity index (χ4n) is 2.89. The first kappa shape index (κ1) is 17.9. The van der Waals surface area contributed by atoms with E-state index in [1.54, 1.807) is 10.9 Å². The van der Waals surface area contributed by atoms with Crippen LogP contribution in [0.5, 0.6) is 0 Å². The van der Waals surface area contributed by atoms with Crippen LogP contribution >= 0.6 is 0 Å². The average Bonchev–Trinajstić information content (AvgIpc) is 2.79. The molecule has 1 N–H and O–H groups in total. The first-order valence-electron chi connectivity index (χ1n) is 8.35. The molecule has 0 spiro atoms. The van der Waals surface area contributed by atoms with Crippen molar-refractivity contribution in [3.8, 4) is 0 Å². The molecule has 1 aromatic heterocycles. The standard InChI is InChI=1S/C17H30N4O2/c1-12-9-13(7-8-20(12)5)18-11-15-14(10-19-21(15)6)16(22)23-17(2,3)4/h10,12-13,18H,7-9,11H2,1-6H3/t12-,13-/m1/s1. The Morgan fingerprint density at radius 3 is 2.74 bits per heavy atom. The first-order chi connectivity index (χ1) is 10.7. The van der Waals surface area contributed by atoms with E-state index in [1.807, 2.05) is 27.8 Å². The number of aryl methyl sites for hydroxylation is 1. The largest absolute Gasteiger partial charge is 0.456 e. The summed E-state index contributed by atoms with van der Waals surface area (Å²) < 4.78 is 7.23. The van der Waals surface area contributed by atoms with Crippen LogP contribution in [0.25, 0.3) is 0 Å². The fourth-order valence-corrected chi connectivity index (χ4v) is 2.89. The second kappa shape index (κ2) is 7.01. The molecule has 0 aliphatic carbocycles. The summed E-state index contributed by atoms with van der Waals surface area (Å²) in [6.45, 7) is 9.61. The minimum absolute atomic E-state index is 0.306. The molecule has 0 unspecified atom stereocenters. The molecular formula is C17H30N4O2. The number of piperidine rings is 1. The zero-order valence-electron chi connectivity index (χ0n) is 15.2. The summed E-state index contributed by atoms with van der Waals surface area (Å²) in [6, 6.07) is 1.06. The molecule has 0 radical (unpaired) electrons. The highest BCUT2D eigenvalue weighted by molar-refractivity contribution is 5.90. The van der Waals surface area contributed by atoms with E-state index in [0.717, 1.165) is 25.1 Å². The molecular weight excluding hydrogens is 292 g/mol. The molecule has 1 aliphatic rings. The van der Waals surface area contributed by atoms with E-state index in [4.69, 9.17) is 4.74 Å². The Labute approximate surface area is 139 Å². The van der Waals surface area contributed by atoms with Gasteiger partial charge in [0.05, 0.1) is 11.9 Å². The zero-order chi connectivity index (χ0) is 17.2. The molecule has 2 heterocycles. The quantitative estimate of drug-likeness (QED) is 0.859. The van der Waals surface area contributed by atoms with Crippen LogP contribution in [-0.2, 0) is 18.3 Å². The summed E-state index contributed by atoms with van der Waals surface area (Å²) in [5.74, 6) is -0.306. The third kappa shape index (κ3) is 4.78. The van der Waals surface area contributed by atoms with Crippen LogP contribution in [0, 0.1) is 0 Å². The van der Waals surface area contributed by atoms with Crippen molar-refractivity contribution >= 4 is 5.97 Å². The minimum atomic E-state index is -0.499. The first-order valence-corrected chi connectivity index (χ1v) is 8.35. The van der Waals surface area contributed by atoms with Crippen LogP contribution in [0.3, 0.4) is 0 Å². The number of aromatic nitrogens is 2. The van der Waals surface area contributed by atoms with Crippen LogP contribution < -0.4 is 5.32 Å². The lowest BCUT2D eigenvalue weighted by atomic mass is 9.99. The van der Waals surface area contributed by atoms with Gasteiger partial charge in [-0.05, 0) is 54.1 Å². The number of nitrogens with one attached hydrogen (secondary N) is 1. The summed E-state index contributed by atoms with van der Waals surface area (Å²) in [5.41, 5.74) is 0.933. The Morgan fingerprint density at radius 1 is 1.43 bits per heavy atom. The number of rotatable bonds is 4. The third-order valence-electron chi connectivity index (χ3n) is 4.45. The maximum atomic E-state index is 12.3. The Kier molecular flexibility index (Phi) is 5.47. The average molecular weight is 322 g/mol. The van der Waals surface area contributed by atoms with Crippen molar-refractivity contribution < 1.29 is 9.53 Å². The maximum Gasteiger partial charge on any atom is 0.342 e. The van der Waals surface area contributed by atoms with E-state index >= 15 is 0 Å². The summed E-state index contributed by atoms with van der Waals surface area (Å²) in [7, 11) is 4.03. The molecule has 1 aliphatic heterocycles. The van der Waals surface area contributed by atoms with Crippen molar-refractivity contribution in [3.63, 3.8) is 0 Å². The number of carbonyl (C=O) groups is 1. The van der Waals surface area contributed by atoms with E-state index in [0.29, 0.717) is 24.2 Å². The fraction of sp³-hybridized carbons (Fsp3) is 0.765. The number of nitrogens with zero attached hydrogens (tertiary/aromatic N) is 3. The molecule has 2 rings (SSSR count). The molecule has 0 bridgehead atoms. The zero-order valence-corrected chi connectivity index (χ0v) is 15.2. The van der Waals surface area contributed by atoms with Crippen LogP contribution in [0.2, 0.25) is 0 Å². The van der Waals surface area contributed by atoms with Crippen molar-refractivity contribution in [2.45, 2.75) is 64.8 Å². The molecule has 6 heteroatoms. The van der Waals surface area contributed by atoms with Gasteiger partial charge in [0.1, 0.15) is 11.2 Å². The van der Waals surface area contributed by atoms with Gasteiger partial charge in [-0.2, -0.15) is 5.10 Å². The van der Waals surface area contributed by atoms with Crippen LogP contribution in [0.15, 0.2) is 6.20 Å². The normalized spacial score (nSPS) is 23.0. The molecule has 2 atom stereocenters. The molecule has 0 aromatic carbocycles. The number of likely N-dealkylation sites (tertiary alicyclic amines) is 1. The Hall–Kier alpha value is -1.40. The molecule has 1 saturated heterocycles. The monoisotopic (exact) mass is 322 g/mol. The summed E-state index contributed by atoms with van der Waals surface area (Å²) >= 11 is 0. The van der Waals surface area contributed by atoms with Crippen molar-refractivity contribution in [1.29, 1.82) is 0 Å². The lowest BCUT2D eigenvalue weighted by Gasteiger charge is -2.35. The molecule has 1 fully saturated rings. The van der Waals surface area contributed by atoms with Gasteiger partial charge in [-0.15, -0.1) is 0 Å². The molecule has 130 valence electrons. The van der Waals surface area contributed by atoms with E-state index in [1.165, 1.54) is 0 Å². The highest BCUT2D eigenvalue weighted by Crippen LogP contribution is 2.18. The predicted octanol–water partition coefficient (Wildman–Crippen LogP) is 1.95. The van der Waals surface area contributed by atoms with Gasteiger partial charge in [0.2, 0.25) is 0 Å². The van der Waals surface area contributed by atoms with E-state index in [9.17, 15) is 4.79 Å². The van der Waals surface area contributed by atoms with E-state index in [2.05, 4.69) is 29.3 Å². The number of esters is 1. The highest BCUT2D eigenvalue weighted by atomic mass is 16.6. The Morgan fingerprint density at radius 2 is 2.13 bits per heavy atom. The number of ether oxygens (including phenoxy) is 1. The van der Waals surface area contributed by atoms with Gasteiger partial charge in [-0.1, -0.05) is 0 Å². The molecule has 0 amide bonds. The molecule has 23 heavy (non-hydrogen) atoms. The SMILES string of the molecule is C[C@@H]1C[C@H](NCc2c(C(=O)OC(C)(C)C)cnn2C)CCN1C. The summed E-state index contributed by atoms with van der Waals surface area (Å²) in [6.07, 6.45) is 3.85. The van der Waals surface area contributed by atoms with Crippen LogP contribution in [0.4, 0.5) is 0 Å². The number of carbonyl (C=O) groups excluding carboxylic acids is 1. The minimum Gasteiger partial charge on any atom is -0.456 e. The Bertz CT molecular complexity index is 547. The Balaban J connectivity index is 2.00.